The van der Waals surface area contributed by atoms with Crippen LogP contribution >= 0.6 is 21.1 Å². The minimum atomic E-state index is -2.86. The van der Waals surface area contributed by atoms with E-state index in [0.717, 1.165) is 6.16 Å². The zero-order valence-electron chi connectivity index (χ0n) is 15.6. The van der Waals surface area contributed by atoms with E-state index < -0.39 is 5.61 Å². The van der Waals surface area contributed by atoms with E-state index in [-0.39, 0.29) is 0 Å². The van der Waals surface area contributed by atoms with Gasteiger partial charge in [0.15, 0.2) is 0 Å². The molecule has 2 nitrogen and oxygen atoms in total. The first-order chi connectivity index (χ1) is 12.5. The van der Waals surface area contributed by atoms with Gasteiger partial charge in [0.05, 0.1) is 0 Å². The summed E-state index contributed by atoms with van der Waals surface area (Å²) in [6.45, 7) is 0. The summed E-state index contributed by atoms with van der Waals surface area (Å²) < 4.78 is 4.84. The molecule has 0 radical (unpaired) electrons. The minimum absolute atomic E-state index is 0.912. The summed E-state index contributed by atoms with van der Waals surface area (Å²) in [6, 6.07) is 32.2. The molecule has 4 heteroatoms. The molecule has 3 rings (SSSR count). The van der Waals surface area contributed by atoms with Crippen molar-refractivity contribution in [2.75, 3.05) is 25.8 Å². The van der Waals surface area contributed by atoms with Crippen molar-refractivity contribution in [1.29, 1.82) is 0 Å². The third kappa shape index (κ3) is 3.20. The maximum absolute atomic E-state index is 4.39. The number of anilines is 1. The summed E-state index contributed by atoms with van der Waals surface area (Å²) in [5, 5.41) is 1.32. The van der Waals surface area contributed by atoms with Crippen molar-refractivity contribution in [1.82, 2.24) is 4.67 Å². The van der Waals surface area contributed by atoms with E-state index in [2.05, 4.69) is 137 Å². The van der Waals surface area contributed by atoms with Crippen LogP contribution in [0.5, 0.6) is 0 Å². The van der Waals surface area contributed by atoms with E-state index in [9.17, 15) is 0 Å². The summed E-state index contributed by atoms with van der Waals surface area (Å²) in [4.78, 5) is 0. The first-order valence-electron chi connectivity index (χ1n) is 8.76. The molecule has 0 saturated carbocycles. The van der Waals surface area contributed by atoms with Crippen LogP contribution in [0.15, 0.2) is 91.0 Å². The first kappa shape index (κ1) is 19.1. The quantitative estimate of drug-likeness (QED) is 0.450. The van der Waals surface area contributed by atoms with Crippen LogP contribution in [0, 0.1) is 0 Å². The number of halogens is 1. The predicted octanol–water partition coefficient (Wildman–Crippen LogP) is 5.90. The molecular formula is C22H26BrN2P. The average Bonchev–Trinajstić information content (AvgIpc) is 2.69. The molecule has 0 aliphatic heterocycles. The van der Waals surface area contributed by atoms with Crippen LogP contribution in [0.1, 0.15) is 5.56 Å². The number of para-hydroxylation sites is 1. The topological polar surface area (TPSA) is 6.48 Å². The average molecular weight is 429 g/mol. The maximum atomic E-state index is 4.39. The molecular weight excluding hydrogens is 403 g/mol. The fraction of sp³-hybridized carbons (Fsp3) is 0.182. The van der Waals surface area contributed by atoms with E-state index in [4.69, 9.17) is 0 Å². The Morgan fingerprint density at radius 2 is 1.15 bits per heavy atom. The zero-order valence-corrected chi connectivity index (χ0v) is 18.1. The van der Waals surface area contributed by atoms with Gasteiger partial charge in [-0.1, -0.05) is 0 Å². The molecule has 0 unspecified atom stereocenters. The Morgan fingerprint density at radius 3 is 1.65 bits per heavy atom. The van der Waals surface area contributed by atoms with Crippen LogP contribution in [0.3, 0.4) is 0 Å². The van der Waals surface area contributed by atoms with Crippen LogP contribution in [0.25, 0.3) is 0 Å². The first-order valence-corrected chi connectivity index (χ1v) is 13.1. The number of nitrogens with zero attached hydrogens (tertiary/aromatic N) is 2. The van der Waals surface area contributed by atoms with Gasteiger partial charge in [-0.25, -0.2) is 0 Å². The Balaban J connectivity index is 2.26. The summed E-state index contributed by atoms with van der Waals surface area (Å²) in [7, 11) is 6.57. The molecule has 0 aliphatic carbocycles. The van der Waals surface area contributed by atoms with Crippen molar-refractivity contribution in [3.8, 4) is 0 Å². The second kappa shape index (κ2) is 7.52. The Bertz CT molecular complexity index is 842. The second-order valence-corrected chi connectivity index (χ2v) is 15.6. The predicted molar refractivity (Wildman–Crippen MR) is 121 cm³/mol. The second-order valence-electron chi connectivity index (χ2n) is 6.77. The normalized spacial score (nSPS) is 13.2. The van der Waals surface area contributed by atoms with E-state index in [1.165, 1.54) is 16.6 Å². The molecule has 26 heavy (non-hydrogen) atoms. The molecule has 0 aromatic heterocycles. The summed E-state index contributed by atoms with van der Waals surface area (Å²) >= 11 is 4.39. The van der Waals surface area contributed by atoms with E-state index in [1.54, 1.807) is 0 Å². The van der Waals surface area contributed by atoms with Gasteiger partial charge in [0.25, 0.3) is 0 Å². The molecule has 0 amide bonds. The molecule has 136 valence electrons. The van der Waals surface area contributed by atoms with Crippen LogP contribution in [-0.2, 0) is 6.16 Å². The molecule has 0 aliphatic rings. The Labute approximate surface area is 165 Å². The SMILES string of the molecule is CN(C)P(Br)(Cc1ccccc1)(c1ccccc1)N(C)c1ccccc1. The Hall–Kier alpha value is -1.67. The van der Waals surface area contributed by atoms with Gasteiger partial charge in [-0.15, -0.1) is 0 Å². The molecule has 0 N–H and O–H groups in total. The molecule has 3 aromatic rings. The van der Waals surface area contributed by atoms with Crippen molar-refractivity contribution < 1.29 is 0 Å². The van der Waals surface area contributed by atoms with Crippen LogP contribution in [0.4, 0.5) is 5.69 Å². The van der Waals surface area contributed by atoms with Crippen LogP contribution < -0.4 is 9.97 Å². The number of rotatable bonds is 6. The van der Waals surface area contributed by atoms with E-state index in [0.29, 0.717) is 0 Å². The molecule has 0 bridgehead atoms. The van der Waals surface area contributed by atoms with Crippen molar-refractivity contribution >= 4 is 32.1 Å². The summed E-state index contributed by atoms with van der Waals surface area (Å²) in [5.41, 5.74) is -0.338. The van der Waals surface area contributed by atoms with Gasteiger partial charge in [0.2, 0.25) is 0 Å². The summed E-state index contributed by atoms with van der Waals surface area (Å²) in [5.74, 6) is 0. The van der Waals surface area contributed by atoms with Gasteiger partial charge in [-0.3, -0.25) is 0 Å². The van der Waals surface area contributed by atoms with Crippen molar-refractivity contribution in [3.63, 3.8) is 0 Å². The number of hydrogen-bond donors (Lipinski definition) is 0. The molecule has 0 spiro atoms. The fourth-order valence-electron chi connectivity index (χ4n) is 3.52. The van der Waals surface area contributed by atoms with Crippen LogP contribution in [-0.4, -0.2) is 25.8 Å². The van der Waals surface area contributed by atoms with E-state index in [1.807, 2.05) is 0 Å². The molecule has 0 heterocycles. The Kier molecular flexibility index (Phi) is 5.53. The standard InChI is InChI=1S/C22H26BrN2P/c1-24(2)26(23,22-17-11-6-12-18-22,19-20-13-7-4-8-14-20)25(3)21-15-9-5-10-16-21/h4-18H,19H2,1-3H3. The molecule has 0 fully saturated rings. The van der Waals surface area contributed by atoms with Gasteiger partial charge in [-0.2, -0.15) is 0 Å². The van der Waals surface area contributed by atoms with Gasteiger partial charge >= 0.3 is 165 Å². The third-order valence-electron chi connectivity index (χ3n) is 5.13. The van der Waals surface area contributed by atoms with Gasteiger partial charge in [0.1, 0.15) is 0 Å². The number of hydrogen-bond acceptors (Lipinski definition) is 2. The fourth-order valence-corrected chi connectivity index (χ4v) is 9.89. The van der Waals surface area contributed by atoms with Crippen molar-refractivity contribution in [2.45, 2.75) is 6.16 Å². The zero-order chi connectivity index (χ0) is 18.6. The van der Waals surface area contributed by atoms with Crippen LogP contribution in [0.2, 0.25) is 0 Å². The van der Waals surface area contributed by atoms with Crippen molar-refractivity contribution in [3.05, 3.63) is 96.6 Å². The summed E-state index contributed by atoms with van der Waals surface area (Å²) in [6.07, 6.45) is 0.912. The molecule has 0 saturated heterocycles. The van der Waals surface area contributed by atoms with Crippen molar-refractivity contribution in [2.24, 2.45) is 0 Å². The van der Waals surface area contributed by atoms with E-state index >= 15 is 0 Å². The molecule has 3 aromatic carbocycles. The number of benzene rings is 3. The van der Waals surface area contributed by atoms with Gasteiger partial charge in [-0.05, 0) is 0 Å². The van der Waals surface area contributed by atoms with Gasteiger partial charge < -0.3 is 0 Å². The van der Waals surface area contributed by atoms with Gasteiger partial charge in [0, 0.05) is 0 Å². The molecule has 0 atom stereocenters. The monoisotopic (exact) mass is 428 g/mol. The Morgan fingerprint density at radius 1 is 0.692 bits per heavy atom. The third-order valence-corrected chi connectivity index (χ3v) is 15.8.